The number of imidazole rings is 2. The molecule has 21 heavy (non-hydrogen) atoms. The SMILES string of the molecule is Cc1nc(C(c2ccccc2)c2nc(C)[nH]c2C)c(C)[nH]1. The molecule has 0 bridgehead atoms. The second kappa shape index (κ2) is 5.20. The van der Waals surface area contributed by atoms with Crippen molar-refractivity contribution < 1.29 is 0 Å². The molecule has 0 fully saturated rings. The monoisotopic (exact) mass is 280 g/mol. The van der Waals surface area contributed by atoms with Crippen molar-refractivity contribution in [3.8, 4) is 0 Å². The molecule has 0 aliphatic carbocycles. The van der Waals surface area contributed by atoms with E-state index >= 15 is 0 Å². The highest BCUT2D eigenvalue weighted by Gasteiger charge is 2.25. The quantitative estimate of drug-likeness (QED) is 0.771. The Bertz CT molecular complexity index is 706. The normalized spacial score (nSPS) is 11.3. The molecule has 1 aromatic carbocycles. The lowest BCUT2D eigenvalue weighted by atomic mass is 9.90. The Morgan fingerprint density at radius 2 is 1.24 bits per heavy atom. The van der Waals surface area contributed by atoms with Crippen LogP contribution in [0.2, 0.25) is 0 Å². The fraction of sp³-hybridized carbons (Fsp3) is 0.294. The summed E-state index contributed by atoms with van der Waals surface area (Å²) in [5.41, 5.74) is 5.51. The van der Waals surface area contributed by atoms with E-state index in [2.05, 4.69) is 48.1 Å². The summed E-state index contributed by atoms with van der Waals surface area (Å²) in [6.07, 6.45) is 0. The minimum absolute atomic E-state index is 0.0566. The molecular formula is C17H20N4. The number of hydrogen-bond donors (Lipinski definition) is 2. The van der Waals surface area contributed by atoms with Gasteiger partial charge in [-0.15, -0.1) is 0 Å². The van der Waals surface area contributed by atoms with Gasteiger partial charge in [-0.1, -0.05) is 30.3 Å². The van der Waals surface area contributed by atoms with Gasteiger partial charge in [0.15, 0.2) is 0 Å². The number of nitrogens with zero attached hydrogens (tertiary/aromatic N) is 2. The second-order valence-corrected chi connectivity index (χ2v) is 5.51. The third-order valence-electron chi connectivity index (χ3n) is 3.76. The molecule has 4 heteroatoms. The van der Waals surface area contributed by atoms with Crippen LogP contribution in [0.25, 0.3) is 0 Å². The van der Waals surface area contributed by atoms with Crippen LogP contribution in [0.1, 0.15) is 45.9 Å². The van der Waals surface area contributed by atoms with E-state index in [0.29, 0.717) is 0 Å². The average Bonchev–Trinajstić information content (AvgIpc) is 2.94. The Morgan fingerprint density at radius 3 is 1.62 bits per heavy atom. The van der Waals surface area contributed by atoms with Gasteiger partial charge in [0.25, 0.3) is 0 Å². The van der Waals surface area contributed by atoms with Gasteiger partial charge in [0, 0.05) is 11.4 Å². The van der Waals surface area contributed by atoms with E-state index in [1.165, 1.54) is 5.56 Å². The number of aromatic nitrogens is 4. The van der Waals surface area contributed by atoms with Crippen molar-refractivity contribution in [3.05, 3.63) is 70.3 Å². The molecule has 0 spiro atoms. The number of benzene rings is 1. The summed E-state index contributed by atoms with van der Waals surface area (Å²) in [4.78, 5) is 16.0. The molecule has 0 unspecified atom stereocenters. The summed E-state index contributed by atoms with van der Waals surface area (Å²) in [6, 6.07) is 10.4. The molecule has 3 rings (SSSR count). The van der Waals surface area contributed by atoms with Gasteiger partial charge in [-0.05, 0) is 33.3 Å². The van der Waals surface area contributed by atoms with Crippen molar-refractivity contribution in [2.24, 2.45) is 0 Å². The van der Waals surface area contributed by atoms with E-state index in [9.17, 15) is 0 Å². The Morgan fingerprint density at radius 1 is 0.762 bits per heavy atom. The lowest BCUT2D eigenvalue weighted by Crippen LogP contribution is -2.07. The van der Waals surface area contributed by atoms with E-state index in [1.54, 1.807) is 0 Å². The summed E-state index contributed by atoms with van der Waals surface area (Å²) >= 11 is 0. The lowest BCUT2D eigenvalue weighted by Gasteiger charge is -2.15. The van der Waals surface area contributed by atoms with Gasteiger partial charge in [0.2, 0.25) is 0 Å². The molecule has 2 heterocycles. The third-order valence-corrected chi connectivity index (χ3v) is 3.76. The summed E-state index contributed by atoms with van der Waals surface area (Å²) in [5, 5.41) is 0. The van der Waals surface area contributed by atoms with Crippen LogP contribution in [-0.2, 0) is 0 Å². The molecule has 2 N–H and O–H groups in total. The van der Waals surface area contributed by atoms with Gasteiger partial charge in [-0.2, -0.15) is 0 Å². The zero-order valence-electron chi connectivity index (χ0n) is 12.9. The van der Waals surface area contributed by atoms with Crippen LogP contribution in [0.15, 0.2) is 30.3 Å². The molecule has 4 nitrogen and oxygen atoms in total. The second-order valence-electron chi connectivity index (χ2n) is 5.51. The molecule has 2 aromatic heterocycles. The maximum absolute atomic E-state index is 4.70. The number of hydrogen-bond acceptors (Lipinski definition) is 2. The van der Waals surface area contributed by atoms with Crippen LogP contribution in [0, 0.1) is 27.7 Å². The predicted molar refractivity (Wildman–Crippen MR) is 83.5 cm³/mol. The summed E-state index contributed by atoms with van der Waals surface area (Å²) in [5.74, 6) is 1.93. The first-order valence-electron chi connectivity index (χ1n) is 7.17. The van der Waals surface area contributed by atoms with Gasteiger partial charge in [-0.3, -0.25) is 0 Å². The number of H-pyrrole nitrogens is 2. The Hall–Kier alpha value is -2.36. The maximum Gasteiger partial charge on any atom is 0.103 e. The zero-order chi connectivity index (χ0) is 15.0. The molecule has 3 aromatic rings. The van der Waals surface area contributed by atoms with Crippen molar-refractivity contribution >= 4 is 0 Å². The molecule has 0 saturated heterocycles. The minimum Gasteiger partial charge on any atom is -0.346 e. The molecule has 0 saturated carbocycles. The molecule has 0 aliphatic heterocycles. The topological polar surface area (TPSA) is 57.4 Å². The predicted octanol–water partition coefficient (Wildman–Crippen LogP) is 3.55. The van der Waals surface area contributed by atoms with Crippen LogP contribution in [0.3, 0.4) is 0 Å². The lowest BCUT2D eigenvalue weighted by molar-refractivity contribution is 0.869. The fourth-order valence-electron chi connectivity index (χ4n) is 2.91. The first kappa shape index (κ1) is 13.6. The highest BCUT2D eigenvalue weighted by molar-refractivity contribution is 5.41. The van der Waals surface area contributed by atoms with Crippen molar-refractivity contribution in [1.29, 1.82) is 0 Å². The number of rotatable bonds is 3. The van der Waals surface area contributed by atoms with Gasteiger partial charge in [0.1, 0.15) is 11.6 Å². The first-order chi connectivity index (χ1) is 10.1. The summed E-state index contributed by atoms with van der Waals surface area (Å²) in [7, 11) is 0. The van der Waals surface area contributed by atoms with Crippen molar-refractivity contribution in [1.82, 2.24) is 19.9 Å². The van der Waals surface area contributed by atoms with Crippen LogP contribution in [-0.4, -0.2) is 19.9 Å². The van der Waals surface area contributed by atoms with E-state index in [1.807, 2.05) is 19.9 Å². The van der Waals surface area contributed by atoms with E-state index < -0.39 is 0 Å². The highest BCUT2D eigenvalue weighted by atomic mass is 15.0. The summed E-state index contributed by atoms with van der Waals surface area (Å²) < 4.78 is 0. The number of aryl methyl sites for hydroxylation is 4. The van der Waals surface area contributed by atoms with Crippen LogP contribution < -0.4 is 0 Å². The molecule has 0 aliphatic rings. The highest BCUT2D eigenvalue weighted by Crippen LogP contribution is 2.33. The largest absolute Gasteiger partial charge is 0.346 e. The van der Waals surface area contributed by atoms with Gasteiger partial charge in [-0.25, -0.2) is 9.97 Å². The molecule has 108 valence electrons. The zero-order valence-corrected chi connectivity index (χ0v) is 12.9. The van der Waals surface area contributed by atoms with Crippen LogP contribution in [0.4, 0.5) is 0 Å². The van der Waals surface area contributed by atoms with E-state index in [-0.39, 0.29) is 5.92 Å². The standard InChI is InChI=1S/C17H20N4/c1-10-16(20-12(3)18-10)15(14-8-6-5-7-9-14)17-11(2)19-13(4)21-17/h5-9,15H,1-4H3,(H,18,20)(H,19,21). The maximum atomic E-state index is 4.70. The van der Waals surface area contributed by atoms with Crippen molar-refractivity contribution in [3.63, 3.8) is 0 Å². The van der Waals surface area contributed by atoms with Crippen molar-refractivity contribution in [2.75, 3.05) is 0 Å². The first-order valence-corrected chi connectivity index (χ1v) is 7.17. The third kappa shape index (κ3) is 2.49. The number of nitrogens with one attached hydrogen (secondary N) is 2. The average molecular weight is 280 g/mol. The van der Waals surface area contributed by atoms with Crippen molar-refractivity contribution in [2.45, 2.75) is 33.6 Å². The minimum atomic E-state index is 0.0566. The smallest absolute Gasteiger partial charge is 0.103 e. The number of aromatic amines is 2. The van der Waals surface area contributed by atoms with Gasteiger partial charge in [0.05, 0.1) is 17.3 Å². The Kier molecular flexibility index (Phi) is 3.37. The van der Waals surface area contributed by atoms with E-state index in [0.717, 1.165) is 34.4 Å². The van der Waals surface area contributed by atoms with Crippen LogP contribution in [0.5, 0.6) is 0 Å². The molecule has 0 atom stereocenters. The van der Waals surface area contributed by atoms with Crippen LogP contribution >= 0.6 is 0 Å². The fourth-order valence-corrected chi connectivity index (χ4v) is 2.91. The molecule has 0 amide bonds. The molecular weight excluding hydrogens is 260 g/mol. The van der Waals surface area contributed by atoms with Gasteiger partial charge < -0.3 is 9.97 Å². The van der Waals surface area contributed by atoms with Gasteiger partial charge >= 0.3 is 0 Å². The van der Waals surface area contributed by atoms with E-state index in [4.69, 9.17) is 9.97 Å². The Labute approximate surface area is 124 Å². The Balaban J connectivity index is 2.21. The molecule has 0 radical (unpaired) electrons. The summed E-state index contributed by atoms with van der Waals surface area (Å²) in [6.45, 7) is 8.11.